The third-order valence-corrected chi connectivity index (χ3v) is 4.78. The van der Waals surface area contributed by atoms with Crippen LogP contribution in [0.4, 0.5) is 0 Å². The smallest absolute Gasteiger partial charge is 0.326 e. The van der Waals surface area contributed by atoms with E-state index in [1.807, 2.05) is 11.8 Å². The Kier molecular flexibility index (Phi) is 6.69. The van der Waals surface area contributed by atoms with E-state index in [1.54, 1.807) is 24.3 Å². The van der Waals surface area contributed by atoms with E-state index in [0.717, 1.165) is 5.56 Å². The largest absolute Gasteiger partial charge is 0.480 e. The number of carbonyl (C=O) groups excluding carboxylic acids is 3. The summed E-state index contributed by atoms with van der Waals surface area (Å²) in [6, 6.07) is 4.76. The Morgan fingerprint density at radius 1 is 1.31 bits per heavy atom. The van der Waals surface area contributed by atoms with Crippen LogP contribution in [0.5, 0.6) is 0 Å². The van der Waals surface area contributed by atoms with Crippen LogP contribution in [0.15, 0.2) is 30.3 Å². The molecular formula is C20H28N4O5. The molecule has 2 rings (SSSR count). The van der Waals surface area contributed by atoms with Gasteiger partial charge in [0.2, 0.25) is 17.7 Å². The molecule has 0 saturated carbocycles. The molecule has 3 amide bonds. The summed E-state index contributed by atoms with van der Waals surface area (Å²) in [5.74, 6) is -3.08. The molecule has 0 spiro atoms. The van der Waals surface area contributed by atoms with E-state index in [0.29, 0.717) is 18.2 Å². The lowest BCUT2D eigenvalue weighted by atomic mass is 10.1. The fourth-order valence-electron chi connectivity index (χ4n) is 3.22. The van der Waals surface area contributed by atoms with Gasteiger partial charge >= 0.3 is 5.97 Å². The van der Waals surface area contributed by atoms with Crippen LogP contribution < -0.4 is 16.4 Å². The predicted octanol–water partition coefficient (Wildman–Crippen LogP) is -0.359. The summed E-state index contributed by atoms with van der Waals surface area (Å²) in [5.41, 5.74) is 2.74. The number of hydrogen-bond donors (Lipinski definition) is 4. The number of rotatable bonds is 9. The van der Waals surface area contributed by atoms with Crippen molar-refractivity contribution >= 4 is 23.7 Å². The third-order valence-electron chi connectivity index (χ3n) is 4.78. The number of carboxylic acids is 1. The highest BCUT2D eigenvalue weighted by Crippen LogP contribution is 2.19. The van der Waals surface area contributed by atoms with E-state index in [4.69, 9.17) is 2.82 Å². The highest BCUT2D eigenvalue weighted by molar-refractivity contribution is 5.94. The summed E-state index contributed by atoms with van der Waals surface area (Å²) in [7, 11) is 0. The van der Waals surface area contributed by atoms with Gasteiger partial charge in [-0.1, -0.05) is 30.3 Å². The quantitative estimate of drug-likeness (QED) is 0.441. The second kappa shape index (κ2) is 10.0. The maximum absolute atomic E-state index is 12.9. The molecule has 1 saturated heterocycles. The van der Waals surface area contributed by atoms with Crippen molar-refractivity contribution in [3.05, 3.63) is 35.9 Å². The average molecular weight is 406 g/mol. The summed E-state index contributed by atoms with van der Waals surface area (Å²) in [6.45, 7) is 3.05. The van der Waals surface area contributed by atoms with Crippen molar-refractivity contribution in [3.63, 3.8) is 0 Å². The molecule has 0 bridgehead atoms. The molecule has 5 N–H and O–H groups in total. The molecule has 0 aromatic heterocycles. The molecule has 1 aromatic carbocycles. The Hall–Kier alpha value is -2.94. The first kappa shape index (κ1) is 19.4. The predicted molar refractivity (Wildman–Crippen MR) is 106 cm³/mol. The molecule has 158 valence electrons. The van der Waals surface area contributed by atoms with Gasteiger partial charge in [0.1, 0.15) is 19.5 Å². The van der Waals surface area contributed by atoms with Crippen molar-refractivity contribution in [3.8, 4) is 0 Å². The van der Waals surface area contributed by atoms with Crippen molar-refractivity contribution in [2.24, 2.45) is 5.73 Å². The first-order valence-corrected chi connectivity index (χ1v) is 9.54. The average Bonchev–Trinajstić information content (AvgIpc) is 3.26. The number of nitrogens with one attached hydrogen (secondary N) is 2. The third kappa shape index (κ3) is 6.02. The van der Waals surface area contributed by atoms with E-state index in [2.05, 4.69) is 5.32 Å². The number of benzene rings is 1. The maximum Gasteiger partial charge on any atom is 0.326 e. The summed E-state index contributed by atoms with van der Waals surface area (Å²) < 4.78 is 15.0. The van der Waals surface area contributed by atoms with Gasteiger partial charge in [0, 0.05) is 13.0 Å². The Labute approximate surface area is 172 Å². The van der Waals surface area contributed by atoms with Gasteiger partial charge < -0.3 is 26.4 Å². The van der Waals surface area contributed by atoms with Crippen molar-refractivity contribution in [2.45, 2.75) is 57.3 Å². The van der Waals surface area contributed by atoms with Crippen LogP contribution in [-0.4, -0.2) is 64.4 Å². The number of nitrogens with two attached hydrogens (primary N) is 1. The van der Waals surface area contributed by atoms with Gasteiger partial charge in [-0.3, -0.25) is 14.4 Å². The normalized spacial score (nSPS) is 20.1. The van der Waals surface area contributed by atoms with Crippen molar-refractivity contribution in [2.75, 3.05) is 6.54 Å². The number of hydrogen-bond acceptors (Lipinski definition) is 5. The monoisotopic (exact) mass is 406 g/mol. The molecule has 29 heavy (non-hydrogen) atoms. The molecule has 9 nitrogen and oxygen atoms in total. The highest BCUT2D eigenvalue weighted by atomic mass is 16.4. The number of nitrogens with zero attached hydrogens (tertiary/aromatic N) is 1. The van der Waals surface area contributed by atoms with E-state index in [9.17, 15) is 24.3 Å². The van der Waals surface area contributed by atoms with Gasteiger partial charge in [0.25, 0.3) is 0 Å². The first-order chi connectivity index (χ1) is 14.7. The van der Waals surface area contributed by atoms with Crippen molar-refractivity contribution in [1.29, 1.82) is 0 Å². The van der Waals surface area contributed by atoms with E-state index >= 15 is 0 Å². The minimum absolute atomic E-state index is 0.103. The topological polar surface area (TPSA) is 142 Å². The van der Waals surface area contributed by atoms with Crippen molar-refractivity contribution in [1.82, 2.24) is 15.5 Å². The van der Waals surface area contributed by atoms with Gasteiger partial charge in [-0.2, -0.15) is 0 Å². The summed E-state index contributed by atoms with van der Waals surface area (Å²) in [5, 5.41) is 12.5. The second-order valence-corrected chi connectivity index (χ2v) is 7.14. The molecule has 1 heterocycles. The Balaban J connectivity index is 2.07. The van der Waals surface area contributed by atoms with Crippen LogP contribution in [0.3, 0.4) is 0 Å². The number of likely N-dealkylation sites (tertiary alicyclic amines) is 1. The number of carbonyl (C=O) groups is 4. The number of carboxylic acid groups (broad SMARTS) is 1. The maximum atomic E-state index is 12.9. The van der Waals surface area contributed by atoms with Crippen LogP contribution in [-0.2, 0) is 25.6 Å². The molecule has 1 aliphatic rings. The van der Waals surface area contributed by atoms with E-state index in [-0.39, 0.29) is 13.0 Å². The first-order valence-electron chi connectivity index (χ1n) is 10.5. The standard InChI is InChI=1S/C20H28N4O5/c1-12(21)17(25)22-13(2)19(27)24-10-6-9-16(24)18(26)23-15(20(28)29)11-14-7-4-3-5-8-14/h3-5,7-8,12-13,15-16H,6,9-11,21H2,1-2H3,(H,22,25)(H,23,26)(H,28,29)/t12-,13+,15-,16+/m1/s1/i/hD2. The molecule has 1 aromatic rings. The van der Waals surface area contributed by atoms with Crippen LogP contribution >= 0.6 is 0 Å². The molecule has 0 unspecified atom stereocenters. The zero-order valence-corrected chi connectivity index (χ0v) is 16.5. The minimum Gasteiger partial charge on any atom is -0.480 e. The van der Waals surface area contributed by atoms with E-state index < -0.39 is 47.9 Å². The van der Waals surface area contributed by atoms with Crippen LogP contribution in [0, 0.1) is 0 Å². The molecule has 1 aliphatic heterocycles. The van der Waals surface area contributed by atoms with Gasteiger partial charge in [-0.15, -0.1) is 0 Å². The molecule has 9 heteroatoms. The van der Waals surface area contributed by atoms with Crippen molar-refractivity contribution < 1.29 is 27.1 Å². The van der Waals surface area contributed by atoms with Gasteiger partial charge in [-0.05, 0) is 32.3 Å². The highest BCUT2D eigenvalue weighted by Gasteiger charge is 2.37. The molecule has 1 fully saturated rings. The van der Waals surface area contributed by atoms with Crippen LogP contribution in [0.2, 0.25) is 2.82 Å². The fraction of sp³-hybridized carbons (Fsp3) is 0.500. The number of amides is 3. The Bertz CT molecular complexity index is 810. The lowest BCUT2D eigenvalue weighted by Crippen LogP contribution is -2.56. The van der Waals surface area contributed by atoms with Gasteiger partial charge in [-0.25, -0.2) is 4.79 Å². The molecule has 0 radical (unpaired) electrons. The lowest BCUT2D eigenvalue weighted by Gasteiger charge is -2.28. The SMILES string of the molecule is [2H]N[C@H](C)C(=O)N([2H])[C@@H](C)C(=O)N1CCC[C@H]1C(=O)N[C@H](Cc1ccccc1)C(=O)O. The zero-order valence-electron chi connectivity index (χ0n) is 18.5. The molecular weight excluding hydrogens is 376 g/mol. The van der Waals surface area contributed by atoms with E-state index in [1.165, 1.54) is 18.7 Å². The zero-order chi connectivity index (χ0) is 23.1. The minimum atomic E-state index is -1.18. The lowest BCUT2D eigenvalue weighted by molar-refractivity contribution is -0.144. The van der Waals surface area contributed by atoms with Gasteiger partial charge in [0.15, 0.2) is 1.41 Å². The van der Waals surface area contributed by atoms with Crippen LogP contribution in [0.25, 0.3) is 0 Å². The second-order valence-electron chi connectivity index (χ2n) is 7.14. The Morgan fingerprint density at radius 3 is 2.62 bits per heavy atom. The molecule has 0 aliphatic carbocycles. The fourth-order valence-corrected chi connectivity index (χ4v) is 3.22. The number of aliphatic carboxylic acids is 1. The van der Waals surface area contributed by atoms with Gasteiger partial charge in [0.05, 0.1) is 6.04 Å². The van der Waals surface area contributed by atoms with Crippen LogP contribution in [0.1, 0.15) is 32.3 Å². The molecule has 4 atom stereocenters. The summed E-state index contributed by atoms with van der Waals surface area (Å²) in [6.07, 6.45) is 1.01. The summed E-state index contributed by atoms with van der Waals surface area (Å²) in [4.78, 5) is 50.7. The summed E-state index contributed by atoms with van der Waals surface area (Å²) >= 11 is 0. The Morgan fingerprint density at radius 2 is 2.00 bits per heavy atom.